The highest BCUT2D eigenvalue weighted by Crippen LogP contribution is 2.41. The van der Waals surface area contributed by atoms with Crippen LogP contribution in [0, 0.1) is 0 Å². The first-order valence-corrected chi connectivity index (χ1v) is 13.0. The second kappa shape index (κ2) is 9.33. The van der Waals surface area contributed by atoms with Crippen molar-refractivity contribution in [1.82, 2.24) is 19.7 Å². The summed E-state index contributed by atoms with van der Waals surface area (Å²) in [6, 6.07) is 16.5. The van der Waals surface area contributed by atoms with Gasteiger partial charge >= 0.3 is 0 Å². The van der Waals surface area contributed by atoms with E-state index in [1.807, 2.05) is 23.1 Å². The molecule has 1 aromatic heterocycles. The average Bonchev–Trinajstić information content (AvgIpc) is 3.46. The predicted octanol–water partition coefficient (Wildman–Crippen LogP) is 4.43. The number of aromatic nitrogens is 3. The third kappa shape index (κ3) is 4.39. The number of thioether (sulfide) groups is 1. The van der Waals surface area contributed by atoms with Gasteiger partial charge in [-0.3, -0.25) is 4.79 Å². The van der Waals surface area contributed by atoms with E-state index in [-0.39, 0.29) is 11.9 Å². The molecule has 1 unspecified atom stereocenters. The predicted molar refractivity (Wildman–Crippen MR) is 129 cm³/mol. The minimum Gasteiger partial charge on any atom is -0.486 e. The monoisotopic (exact) mass is 476 g/mol. The summed E-state index contributed by atoms with van der Waals surface area (Å²) in [7, 11) is 0. The van der Waals surface area contributed by atoms with E-state index in [0.29, 0.717) is 24.9 Å². The number of likely N-dealkylation sites (tertiary alicyclic amines) is 1. The summed E-state index contributed by atoms with van der Waals surface area (Å²) >= 11 is 1.50. The molecule has 7 nitrogen and oxygen atoms in total. The molecule has 1 amide bonds. The molecule has 2 aromatic carbocycles. The Morgan fingerprint density at radius 1 is 1.00 bits per heavy atom. The van der Waals surface area contributed by atoms with Gasteiger partial charge in [0.25, 0.3) is 0 Å². The van der Waals surface area contributed by atoms with Crippen molar-refractivity contribution >= 4 is 17.7 Å². The van der Waals surface area contributed by atoms with Crippen LogP contribution in [0.3, 0.4) is 0 Å². The zero-order valence-electron chi connectivity index (χ0n) is 19.1. The van der Waals surface area contributed by atoms with Crippen molar-refractivity contribution in [3.63, 3.8) is 0 Å². The second-order valence-corrected chi connectivity index (χ2v) is 10.1. The molecule has 176 valence electrons. The van der Waals surface area contributed by atoms with Gasteiger partial charge in [0.05, 0.1) is 18.3 Å². The molecule has 0 spiro atoms. The maximum atomic E-state index is 13.3. The van der Waals surface area contributed by atoms with Gasteiger partial charge in [0.15, 0.2) is 16.7 Å². The highest BCUT2D eigenvalue weighted by molar-refractivity contribution is 7.99. The van der Waals surface area contributed by atoms with Crippen LogP contribution in [0.1, 0.15) is 54.6 Å². The standard InChI is InChI=1S/C26H28N4O3S/c31-24(29-12-4-7-21(29)20-10-11-22-23(15-20)33-14-13-32-22)17-34-26-28-27-25(19-8-9-19)30(26)16-18-5-2-1-3-6-18/h1-3,5-6,10-11,15,19,21H,4,7-9,12-14,16-17H2. The Balaban J connectivity index is 1.16. The molecule has 2 aliphatic heterocycles. The van der Waals surface area contributed by atoms with Crippen LogP contribution in [0.5, 0.6) is 11.5 Å². The Morgan fingerprint density at radius 2 is 1.82 bits per heavy atom. The quantitative estimate of drug-likeness (QED) is 0.470. The maximum Gasteiger partial charge on any atom is 0.233 e. The zero-order valence-corrected chi connectivity index (χ0v) is 19.9. The lowest BCUT2D eigenvalue weighted by Gasteiger charge is -2.26. The van der Waals surface area contributed by atoms with Gasteiger partial charge in [-0.25, -0.2) is 0 Å². The summed E-state index contributed by atoms with van der Waals surface area (Å²) in [5, 5.41) is 9.79. The Bertz CT molecular complexity index is 1180. The van der Waals surface area contributed by atoms with Crippen LogP contribution < -0.4 is 9.47 Å². The molecule has 3 heterocycles. The first-order chi connectivity index (χ1) is 16.8. The molecule has 0 bridgehead atoms. The zero-order chi connectivity index (χ0) is 22.9. The van der Waals surface area contributed by atoms with Gasteiger partial charge in [0.2, 0.25) is 5.91 Å². The van der Waals surface area contributed by atoms with E-state index in [1.165, 1.54) is 30.2 Å². The van der Waals surface area contributed by atoms with Gasteiger partial charge in [-0.15, -0.1) is 10.2 Å². The number of benzene rings is 2. The van der Waals surface area contributed by atoms with E-state index in [4.69, 9.17) is 9.47 Å². The third-order valence-electron chi connectivity index (χ3n) is 6.72. The van der Waals surface area contributed by atoms with Crippen LogP contribution in [0.15, 0.2) is 53.7 Å². The minimum absolute atomic E-state index is 0.0770. The van der Waals surface area contributed by atoms with E-state index >= 15 is 0 Å². The Labute approximate surface area is 203 Å². The lowest BCUT2D eigenvalue weighted by molar-refractivity contribution is -0.129. The molecule has 3 aliphatic rings. The van der Waals surface area contributed by atoms with Crippen LogP contribution in [0.25, 0.3) is 0 Å². The molecule has 1 atom stereocenters. The van der Waals surface area contributed by atoms with Gasteiger partial charge in [-0.2, -0.15) is 0 Å². The number of carbonyl (C=O) groups excluding carboxylic acids is 1. The third-order valence-corrected chi connectivity index (χ3v) is 7.67. The first kappa shape index (κ1) is 21.5. The maximum absolute atomic E-state index is 13.3. The van der Waals surface area contributed by atoms with E-state index < -0.39 is 0 Å². The fourth-order valence-electron chi connectivity index (χ4n) is 4.85. The van der Waals surface area contributed by atoms with Gasteiger partial charge < -0.3 is 18.9 Å². The number of hydrogen-bond donors (Lipinski definition) is 0. The van der Waals surface area contributed by atoms with E-state index in [1.54, 1.807) is 0 Å². The Morgan fingerprint density at radius 3 is 2.65 bits per heavy atom. The lowest BCUT2D eigenvalue weighted by atomic mass is 10.0. The molecule has 0 radical (unpaired) electrons. The van der Waals surface area contributed by atoms with Gasteiger partial charge in [0, 0.05) is 12.5 Å². The van der Waals surface area contributed by atoms with Crippen molar-refractivity contribution in [3.05, 3.63) is 65.5 Å². The van der Waals surface area contributed by atoms with Crippen molar-refractivity contribution in [2.75, 3.05) is 25.5 Å². The van der Waals surface area contributed by atoms with Crippen molar-refractivity contribution in [3.8, 4) is 11.5 Å². The van der Waals surface area contributed by atoms with E-state index in [9.17, 15) is 4.79 Å². The Kier molecular flexibility index (Phi) is 5.91. The number of amides is 1. The van der Waals surface area contributed by atoms with Gasteiger partial charge in [-0.1, -0.05) is 48.2 Å². The number of ether oxygens (including phenoxy) is 2. The number of fused-ring (bicyclic) bond motifs is 1. The summed E-state index contributed by atoms with van der Waals surface area (Å²) < 4.78 is 13.6. The molecular formula is C26H28N4O3S. The van der Waals surface area contributed by atoms with Gasteiger partial charge in [0.1, 0.15) is 19.0 Å². The van der Waals surface area contributed by atoms with Crippen molar-refractivity contribution < 1.29 is 14.3 Å². The first-order valence-electron chi connectivity index (χ1n) is 12.0. The van der Waals surface area contributed by atoms with Crippen LogP contribution in [-0.2, 0) is 11.3 Å². The molecule has 8 heteroatoms. The summed E-state index contributed by atoms with van der Waals surface area (Å²) in [4.78, 5) is 15.3. The summed E-state index contributed by atoms with van der Waals surface area (Å²) in [6.45, 7) is 2.66. The smallest absolute Gasteiger partial charge is 0.233 e. The van der Waals surface area contributed by atoms with Crippen molar-refractivity contribution in [1.29, 1.82) is 0 Å². The minimum atomic E-state index is 0.0770. The Hall–Kier alpha value is -3.00. The van der Waals surface area contributed by atoms with E-state index in [0.717, 1.165) is 54.0 Å². The molecule has 1 saturated heterocycles. The molecule has 1 aliphatic carbocycles. The van der Waals surface area contributed by atoms with Crippen LogP contribution in [-0.4, -0.2) is 51.1 Å². The second-order valence-electron chi connectivity index (χ2n) is 9.12. The highest BCUT2D eigenvalue weighted by atomic mass is 32.2. The average molecular weight is 477 g/mol. The topological polar surface area (TPSA) is 69.5 Å². The SMILES string of the molecule is O=C(CSc1nnc(C2CC2)n1Cc1ccccc1)N1CCCC1c1ccc2c(c1)OCCO2. The fourth-order valence-corrected chi connectivity index (χ4v) is 5.68. The van der Waals surface area contributed by atoms with Crippen LogP contribution in [0.2, 0.25) is 0 Å². The highest BCUT2D eigenvalue weighted by Gasteiger charge is 2.33. The molecule has 1 saturated carbocycles. The van der Waals surface area contributed by atoms with E-state index in [2.05, 4.69) is 45.1 Å². The number of carbonyl (C=O) groups is 1. The lowest BCUT2D eigenvalue weighted by Crippen LogP contribution is -2.32. The van der Waals surface area contributed by atoms with Crippen molar-refractivity contribution in [2.24, 2.45) is 0 Å². The molecule has 6 rings (SSSR count). The number of rotatable bonds is 7. The summed E-state index contributed by atoms with van der Waals surface area (Å²) in [5.41, 5.74) is 2.33. The molecule has 0 N–H and O–H groups in total. The molecular weight excluding hydrogens is 448 g/mol. The van der Waals surface area contributed by atoms with Crippen LogP contribution in [0.4, 0.5) is 0 Å². The number of nitrogens with zero attached hydrogens (tertiary/aromatic N) is 4. The summed E-state index contributed by atoms with van der Waals surface area (Å²) in [6.07, 6.45) is 4.31. The molecule has 3 aromatic rings. The molecule has 34 heavy (non-hydrogen) atoms. The number of hydrogen-bond acceptors (Lipinski definition) is 6. The van der Waals surface area contributed by atoms with Gasteiger partial charge in [-0.05, 0) is 48.9 Å². The van der Waals surface area contributed by atoms with Crippen LogP contribution >= 0.6 is 11.8 Å². The van der Waals surface area contributed by atoms with Crippen molar-refractivity contribution in [2.45, 2.75) is 49.3 Å². The summed E-state index contributed by atoms with van der Waals surface area (Å²) in [5.74, 6) is 3.61. The largest absolute Gasteiger partial charge is 0.486 e. The molecule has 2 fully saturated rings. The normalized spacial score (nSPS) is 19.4. The fraction of sp³-hybridized carbons (Fsp3) is 0.423.